The van der Waals surface area contributed by atoms with Gasteiger partial charge < -0.3 is 20.0 Å². The summed E-state index contributed by atoms with van der Waals surface area (Å²) in [5, 5.41) is 2.67. The van der Waals surface area contributed by atoms with Gasteiger partial charge in [-0.25, -0.2) is 4.79 Å². The molecule has 0 radical (unpaired) electrons. The van der Waals surface area contributed by atoms with E-state index in [1.165, 1.54) is 0 Å². The summed E-state index contributed by atoms with van der Waals surface area (Å²) in [5.74, 6) is 1.45. The number of hydrogen-bond donors (Lipinski definition) is 3. The Morgan fingerprint density at radius 2 is 2.00 bits per heavy atom. The van der Waals surface area contributed by atoms with Crippen LogP contribution in [-0.2, 0) is 10.5 Å². The van der Waals surface area contributed by atoms with E-state index >= 15 is 0 Å². The average molecular weight is 357 g/mol. The number of nitrogens with one attached hydrogen (secondary N) is 3. The molecule has 1 amide bonds. The van der Waals surface area contributed by atoms with Crippen molar-refractivity contribution in [2.24, 2.45) is 0 Å². The number of carbonyl (C=O) groups excluding carboxylic acids is 1. The third-order valence-corrected chi connectivity index (χ3v) is 5.00. The highest BCUT2D eigenvalue weighted by molar-refractivity contribution is 7.99. The lowest BCUT2D eigenvalue weighted by atomic mass is 10.2. The van der Waals surface area contributed by atoms with Crippen LogP contribution in [0.1, 0.15) is 12.5 Å². The first-order chi connectivity index (χ1) is 12.0. The third-order valence-electron chi connectivity index (χ3n) is 3.79. The highest BCUT2D eigenvalue weighted by atomic mass is 32.2. The Labute approximate surface area is 149 Å². The Morgan fingerprint density at radius 3 is 2.80 bits per heavy atom. The molecule has 1 unspecified atom stereocenters. The number of aromatic nitrogens is 2. The van der Waals surface area contributed by atoms with E-state index in [1.54, 1.807) is 37.1 Å². The normalized spacial score (nSPS) is 12.1. The van der Waals surface area contributed by atoms with E-state index in [2.05, 4.69) is 15.3 Å². The summed E-state index contributed by atoms with van der Waals surface area (Å²) in [7, 11) is 1.64. The molecule has 0 saturated carbocycles. The van der Waals surface area contributed by atoms with Gasteiger partial charge in [0.05, 0.1) is 23.4 Å². The van der Waals surface area contributed by atoms with Crippen LogP contribution in [0.15, 0.2) is 47.3 Å². The lowest BCUT2D eigenvalue weighted by Gasteiger charge is -2.12. The van der Waals surface area contributed by atoms with Gasteiger partial charge in [0.25, 0.3) is 0 Å². The van der Waals surface area contributed by atoms with Crippen LogP contribution in [0.5, 0.6) is 5.75 Å². The predicted molar refractivity (Wildman–Crippen MR) is 101 cm³/mol. The first-order valence-electron chi connectivity index (χ1n) is 7.82. The summed E-state index contributed by atoms with van der Waals surface area (Å²) >= 11 is 1.55. The number of methoxy groups -OCH3 is 1. The van der Waals surface area contributed by atoms with Crippen molar-refractivity contribution in [2.45, 2.75) is 17.9 Å². The third kappa shape index (κ3) is 4.24. The van der Waals surface area contributed by atoms with Crippen molar-refractivity contribution in [3.8, 4) is 5.75 Å². The van der Waals surface area contributed by atoms with E-state index in [0.29, 0.717) is 16.7 Å². The van der Waals surface area contributed by atoms with Crippen LogP contribution in [-0.4, -0.2) is 28.2 Å². The summed E-state index contributed by atoms with van der Waals surface area (Å²) in [6.07, 6.45) is 0. The first kappa shape index (κ1) is 17.2. The molecule has 3 rings (SSSR count). The summed E-state index contributed by atoms with van der Waals surface area (Å²) in [5.41, 5.74) is 2.88. The number of H-pyrrole nitrogens is 2. The second kappa shape index (κ2) is 7.48. The number of amides is 1. The number of benzene rings is 2. The monoisotopic (exact) mass is 357 g/mol. The molecule has 1 heterocycles. The molecule has 6 nitrogen and oxygen atoms in total. The second-order valence-electron chi connectivity index (χ2n) is 5.63. The van der Waals surface area contributed by atoms with Crippen molar-refractivity contribution in [1.82, 2.24) is 9.97 Å². The molecule has 1 aromatic heterocycles. The molecule has 0 aliphatic heterocycles. The number of carbonyl (C=O) groups is 1. The van der Waals surface area contributed by atoms with Gasteiger partial charge in [-0.05, 0) is 42.8 Å². The summed E-state index contributed by atoms with van der Waals surface area (Å²) in [4.78, 5) is 29.0. The zero-order valence-corrected chi connectivity index (χ0v) is 14.8. The maximum Gasteiger partial charge on any atom is 0.323 e. The van der Waals surface area contributed by atoms with Crippen LogP contribution in [0.3, 0.4) is 0 Å². The Bertz CT molecular complexity index is 948. The summed E-state index contributed by atoms with van der Waals surface area (Å²) < 4.78 is 5.21. The molecule has 3 N–H and O–H groups in total. The van der Waals surface area contributed by atoms with Gasteiger partial charge in [0.15, 0.2) is 0 Å². The van der Waals surface area contributed by atoms with E-state index in [1.807, 2.05) is 31.2 Å². The fraction of sp³-hybridized carbons (Fsp3) is 0.222. The standard InChI is InChI=1S/C18H19N3O3S/c1-11(25-10-12-4-3-5-14(8-12)24-2)17(22)19-13-6-7-15-16(9-13)21-18(23)20-15/h3-9,11H,10H2,1-2H3,(H,19,22)(H2,20,21,23). The lowest BCUT2D eigenvalue weighted by molar-refractivity contribution is -0.115. The maximum absolute atomic E-state index is 12.4. The van der Waals surface area contributed by atoms with Crippen molar-refractivity contribution >= 4 is 34.4 Å². The molecule has 2 aromatic carbocycles. The quantitative estimate of drug-likeness (QED) is 0.632. The second-order valence-corrected chi connectivity index (χ2v) is 6.96. The molecule has 130 valence electrons. The maximum atomic E-state index is 12.4. The summed E-state index contributed by atoms with van der Waals surface area (Å²) in [6, 6.07) is 13.1. The molecular formula is C18H19N3O3S. The number of anilines is 1. The molecule has 25 heavy (non-hydrogen) atoms. The van der Waals surface area contributed by atoms with Gasteiger partial charge in [0.1, 0.15) is 5.75 Å². The number of imidazole rings is 1. The van der Waals surface area contributed by atoms with Crippen LogP contribution >= 0.6 is 11.8 Å². The van der Waals surface area contributed by atoms with E-state index in [-0.39, 0.29) is 16.8 Å². The molecule has 0 spiro atoms. The van der Waals surface area contributed by atoms with E-state index in [0.717, 1.165) is 17.1 Å². The number of aromatic amines is 2. The number of rotatable bonds is 6. The van der Waals surface area contributed by atoms with Crippen LogP contribution in [0.2, 0.25) is 0 Å². The van der Waals surface area contributed by atoms with Crippen molar-refractivity contribution in [3.63, 3.8) is 0 Å². The van der Waals surface area contributed by atoms with Gasteiger partial charge in [0, 0.05) is 11.4 Å². The van der Waals surface area contributed by atoms with Crippen LogP contribution in [0.25, 0.3) is 11.0 Å². The SMILES string of the molecule is COc1cccc(CSC(C)C(=O)Nc2ccc3[nH]c(=O)[nH]c3c2)c1. The largest absolute Gasteiger partial charge is 0.497 e. The van der Waals surface area contributed by atoms with Crippen molar-refractivity contribution in [2.75, 3.05) is 12.4 Å². The van der Waals surface area contributed by atoms with E-state index < -0.39 is 0 Å². The van der Waals surface area contributed by atoms with Crippen molar-refractivity contribution in [1.29, 1.82) is 0 Å². The minimum absolute atomic E-state index is 0.0786. The van der Waals surface area contributed by atoms with Crippen LogP contribution < -0.4 is 15.7 Å². The van der Waals surface area contributed by atoms with Crippen molar-refractivity contribution in [3.05, 3.63) is 58.5 Å². The average Bonchev–Trinajstić information content (AvgIpc) is 2.99. The predicted octanol–water partition coefficient (Wildman–Crippen LogP) is 3.13. The smallest absolute Gasteiger partial charge is 0.323 e. The number of thioether (sulfide) groups is 1. The minimum atomic E-state index is -0.263. The Balaban J connectivity index is 1.60. The molecule has 0 bridgehead atoms. The zero-order valence-electron chi connectivity index (χ0n) is 14.0. The van der Waals surface area contributed by atoms with Gasteiger partial charge in [0.2, 0.25) is 5.91 Å². The molecular weight excluding hydrogens is 338 g/mol. The molecule has 1 atom stereocenters. The van der Waals surface area contributed by atoms with Gasteiger partial charge in [-0.15, -0.1) is 11.8 Å². The van der Waals surface area contributed by atoms with Crippen LogP contribution in [0, 0.1) is 0 Å². The molecule has 0 fully saturated rings. The number of fused-ring (bicyclic) bond motifs is 1. The Kier molecular flexibility index (Phi) is 5.14. The topological polar surface area (TPSA) is 87.0 Å². The first-order valence-corrected chi connectivity index (χ1v) is 8.87. The highest BCUT2D eigenvalue weighted by Gasteiger charge is 2.14. The molecule has 0 aliphatic carbocycles. The highest BCUT2D eigenvalue weighted by Crippen LogP contribution is 2.22. The van der Waals surface area contributed by atoms with Gasteiger partial charge in [-0.2, -0.15) is 0 Å². The van der Waals surface area contributed by atoms with Crippen LogP contribution in [0.4, 0.5) is 5.69 Å². The fourth-order valence-corrected chi connectivity index (χ4v) is 3.25. The van der Waals surface area contributed by atoms with Gasteiger partial charge in [-0.3, -0.25) is 4.79 Å². The fourth-order valence-electron chi connectivity index (χ4n) is 2.41. The Morgan fingerprint density at radius 1 is 1.20 bits per heavy atom. The lowest BCUT2D eigenvalue weighted by Crippen LogP contribution is -2.22. The van der Waals surface area contributed by atoms with Crippen molar-refractivity contribution < 1.29 is 9.53 Å². The van der Waals surface area contributed by atoms with E-state index in [9.17, 15) is 9.59 Å². The zero-order chi connectivity index (χ0) is 17.8. The molecule has 7 heteroatoms. The summed E-state index contributed by atoms with van der Waals surface area (Å²) in [6.45, 7) is 1.87. The molecule has 0 aliphatic rings. The Hall–Kier alpha value is -2.67. The molecule has 3 aromatic rings. The number of ether oxygens (including phenoxy) is 1. The van der Waals surface area contributed by atoms with E-state index in [4.69, 9.17) is 4.74 Å². The molecule has 0 saturated heterocycles. The minimum Gasteiger partial charge on any atom is -0.497 e. The number of hydrogen-bond acceptors (Lipinski definition) is 4. The van der Waals surface area contributed by atoms with Gasteiger partial charge in [-0.1, -0.05) is 12.1 Å². The van der Waals surface area contributed by atoms with Gasteiger partial charge >= 0.3 is 5.69 Å².